The van der Waals surface area contributed by atoms with Crippen LogP contribution in [0.2, 0.25) is 5.02 Å². The summed E-state index contributed by atoms with van der Waals surface area (Å²) in [5.41, 5.74) is 1.82. The van der Waals surface area contributed by atoms with E-state index in [0.717, 1.165) is 30.8 Å². The molecule has 6 nitrogen and oxygen atoms in total. The highest BCUT2D eigenvalue weighted by molar-refractivity contribution is 6.31. The summed E-state index contributed by atoms with van der Waals surface area (Å²) in [7, 11) is 1.59. The van der Waals surface area contributed by atoms with Gasteiger partial charge in [-0.25, -0.2) is 4.98 Å². The highest BCUT2D eigenvalue weighted by Crippen LogP contribution is 2.30. The molecule has 1 aliphatic rings. The van der Waals surface area contributed by atoms with Crippen LogP contribution in [0.1, 0.15) is 23.3 Å². The van der Waals surface area contributed by atoms with Crippen LogP contribution in [-0.4, -0.2) is 37.3 Å². The molecule has 2 heterocycles. The standard InChI is InChI=1S/C18H20ClN3O3/c1-24-17-7-4-12(19)9-16(17)22-13-5-6-15(20-10-13)18(23)21-11-14-3-2-8-25-14/h4-7,9-10,14,22H,2-3,8,11H2,1H3,(H,21,23). The van der Waals surface area contributed by atoms with Gasteiger partial charge < -0.3 is 20.1 Å². The second-order valence-electron chi connectivity index (χ2n) is 5.75. The van der Waals surface area contributed by atoms with E-state index in [0.29, 0.717) is 23.0 Å². The van der Waals surface area contributed by atoms with Crippen LogP contribution >= 0.6 is 11.6 Å². The molecule has 1 aromatic heterocycles. The molecule has 1 amide bonds. The average Bonchev–Trinajstić information content (AvgIpc) is 3.14. The maximum atomic E-state index is 12.1. The highest BCUT2D eigenvalue weighted by atomic mass is 35.5. The van der Waals surface area contributed by atoms with Crippen LogP contribution in [0.4, 0.5) is 11.4 Å². The summed E-state index contributed by atoms with van der Waals surface area (Å²) in [5.74, 6) is 0.463. The number of carbonyl (C=O) groups is 1. The summed E-state index contributed by atoms with van der Waals surface area (Å²) in [6.07, 6.45) is 3.74. The number of benzene rings is 1. The molecule has 0 saturated carbocycles. The van der Waals surface area contributed by atoms with E-state index < -0.39 is 0 Å². The van der Waals surface area contributed by atoms with Crippen LogP contribution in [0, 0.1) is 0 Å². The summed E-state index contributed by atoms with van der Waals surface area (Å²) >= 11 is 6.02. The molecule has 0 bridgehead atoms. The molecule has 132 valence electrons. The van der Waals surface area contributed by atoms with Gasteiger partial charge in [-0.1, -0.05) is 11.6 Å². The summed E-state index contributed by atoms with van der Waals surface area (Å²) in [4.78, 5) is 16.3. The molecular weight excluding hydrogens is 342 g/mol. The van der Waals surface area contributed by atoms with E-state index in [4.69, 9.17) is 21.1 Å². The fourth-order valence-corrected chi connectivity index (χ4v) is 2.81. The molecule has 0 spiro atoms. The number of nitrogens with one attached hydrogen (secondary N) is 2. The first-order valence-corrected chi connectivity index (χ1v) is 8.50. The molecule has 2 N–H and O–H groups in total. The van der Waals surface area contributed by atoms with E-state index in [1.807, 2.05) is 0 Å². The molecule has 1 unspecified atom stereocenters. The lowest BCUT2D eigenvalue weighted by Gasteiger charge is -2.12. The Morgan fingerprint density at radius 2 is 2.28 bits per heavy atom. The van der Waals surface area contributed by atoms with Crippen LogP contribution in [0.25, 0.3) is 0 Å². The van der Waals surface area contributed by atoms with Crippen LogP contribution < -0.4 is 15.4 Å². The zero-order chi connectivity index (χ0) is 17.6. The van der Waals surface area contributed by atoms with Gasteiger partial charge >= 0.3 is 0 Å². The number of aromatic nitrogens is 1. The van der Waals surface area contributed by atoms with Crippen molar-refractivity contribution in [3.8, 4) is 5.75 Å². The Bertz CT molecular complexity index is 731. The lowest BCUT2D eigenvalue weighted by Crippen LogP contribution is -2.32. The number of amides is 1. The molecule has 1 saturated heterocycles. The van der Waals surface area contributed by atoms with Gasteiger partial charge in [-0.2, -0.15) is 0 Å². The predicted molar refractivity (Wildman–Crippen MR) is 96.8 cm³/mol. The fraction of sp³-hybridized carbons (Fsp3) is 0.333. The summed E-state index contributed by atoms with van der Waals surface area (Å²) in [6.45, 7) is 1.28. The van der Waals surface area contributed by atoms with Crippen molar-refractivity contribution in [3.05, 3.63) is 47.2 Å². The van der Waals surface area contributed by atoms with Gasteiger partial charge in [-0.15, -0.1) is 0 Å². The van der Waals surface area contributed by atoms with Crippen molar-refractivity contribution in [2.75, 3.05) is 25.6 Å². The molecule has 1 atom stereocenters. The monoisotopic (exact) mass is 361 g/mol. The number of nitrogens with zero attached hydrogens (tertiary/aromatic N) is 1. The molecule has 7 heteroatoms. The van der Waals surface area contributed by atoms with E-state index >= 15 is 0 Å². The average molecular weight is 362 g/mol. The van der Waals surface area contributed by atoms with Gasteiger partial charge in [0.2, 0.25) is 0 Å². The van der Waals surface area contributed by atoms with E-state index in [2.05, 4.69) is 15.6 Å². The van der Waals surface area contributed by atoms with Crippen molar-refractivity contribution < 1.29 is 14.3 Å². The number of ether oxygens (including phenoxy) is 2. The van der Waals surface area contributed by atoms with E-state index in [1.165, 1.54) is 0 Å². The first-order valence-electron chi connectivity index (χ1n) is 8.12. The van der Waals surface area contributed by atoms with Gasteiger partial charge in [0.25, 0.3) is 5.91 Å². The van der Waals surface area contributed by atoms with Crippen molar-refractivity contribution in [2.24, 2.45) is 0 Å². The van der Waals surface area contributed by atoms with Gasteiger partial charge in [0, 0.05) is 18.2 Å². The zero-order valence-corrected chi connectivity index (χ0v) is 14.7. The molecule has 2 aromatic rings. The molecule has 1 fully saturated rings. The minimum absolute atomic E-state index is 0.111. The Morgan fingerprint density at radius 1 is 1.40 bits per heavy atom. The number of anilines is 2. The third-order valence-corrected chi connectivity index (χ3v) is 4.19. The second kappa shape index (κ2) is 8.18. The molecule has 0 radical (unpaired) electrons. The van der Waals surface area contributed by atoms with Crippen LogP contribution in [0.5, 0.6) is 5.75 Å². The number of halogens is 1. The Labute approximate surface area is 151 Å². The Balaban J connectivity index is 1.62. The molecule has 25 heavy (non-hydrogen) atoms. The summed E-state index contributed by atoms with van der Waals surface area (Å²) in [6, 6.07) is 8.76. The van der Waals surface area contributed by atoms with E-state index in [1.54, 1.807) is 43.6 Å². The van der Waals surface area contributed by atoms with Crippen molar-refractivity contribution in [1.82, 2.24) is 10.3 Å². The SMILES string of the molecule is COc1ccc(Cl)cc1Nc1ccc(C(=O)NCC2CCCO2)nc1. The largest absolute Gasteiger partial charge is 0.495 e. The third kappa shape index (κ3) is 4.61. The van der Waals surface area contributed by atoms with Gasteiger partial charge in [-0.3, -0.25) is 4.79 Å². The van der Waals surface area contributed by atoms with Crippen molar-refractivity contribution in [2.45, 2.75) is 18.9 Å². The van der Waals surface area contributed by atoms with Crippen molar-refractivity contribution in [1.29, 1.82) is 0 Å². The minimum Gasteiger partial charge on any atom is -0.495 e. The fourth-order valence-electron chi connectivity index (χ4n) is 2.64. The lowest BCUT2D eigenvalue weighted by molar-refractivity contribution is 0.0854. The highest BCUT2D eigenvalue weighted by Gasteiger charge is 2.17. The maximum absolute atomic E-state index is 12.1. The zero-order valence-electron chi connectivity index (χ0n) is 13.9. The molecule has 1 aliphatic heterocycles. The Hall–Kier alpha value is -2.31. The molecular formula is C18H20ClN3O3. The van der Waals surface area contributed by atoms with Crippen LogP contribution in [0.15, 0.2) is 36.5 Å². The Morgan fingerprint density at radius 3 is 2.96 bits per heavy atom. The number of methoxy groups -OCH3 is 1. The van der Waals surface area contributed by atoms with Crippen LogP contribution in [-0.2, 0) is 4.74 Å². The first kappa shape index (κ1) is 17.5. The van der Waals surface area contributed by atoms with Gasteiger partial charge in [0.15, 0.2) is 0 Å². The van der Waals surface area contributed by atoms with Gasteiger partial charge in [0.05, 0.1) is 30.8 Å². The number of pyridine rings is 1. The number of hydrogen-bond acceptors (Lipinski definition) is 5. The topological polar surface area (TPSA) is 72.5 Å². The molecule has 1 aromatic carbocycles. The van der Waals surface area contributed by atoms with E-state index in [9.17, 15) is 4.79 Å². The van der Waals surface area contributed by atoms with Gasteiger partial charge in [-0.05, 0) is 43.2 Å². The lowest BCUT2D eigenvalue weighted by atomic mass is 10.2. The number of rotatable bonds is 6. The maximum Gasteiger partial charge on any atom is 0.269 e. The van der Waals surface area contributed by atoms with Crippen molar-refractivity contribution in [3.63, 3.8) is 0 Å². The van der Waals surface area contributed by atoms with Gasteiger partial charge in [0.1, 0.15) is 11.4 Å². The number of hydrogen-bond donors (Lipinski definition) is 2. The third-order valence-electron chi connectivity index (χ3n) is 3.95. The second-order valence-corrected chi connectivity index (χ2v) is 6.18. The molecule has 0 aliphatic carbocycles. The number of carbonyl (C=O) groups excluding carboxylic acids is 1. The first-order chi connectivity index (χ1) is 12.2. The normalized spacial score (nSPS) is 16.5. The smallest absolute Gasteiger partial charge is 0.269 e. The molecule has 3 rings (SSSR count). The van der Waals surface area contributed by atoms with Crippen LogP contribution in [0.3, 0.4) is 0 Å². The Kier molecular flexibility index (Phi) is 5.73. The summed E-state index contributed by atoms with van der Waals surface area (Å²) < 4.78 is 10.8. The predicted octanol–water partition coefficient (Wildman–Crippen LogP) is 3.40. The minimum atomic E-state index is -0.206. The van der Waals surface area contributed by atoms with Crippen molar-refractivity contribution >= 4 is 28.9 Å². The quantitative estimate of drug-likeness (QED) is 0.825. The van der Waals surface area contributed by atoms with E-state index in [-0.39, 0.29) is 12.0 Å². The summed E-state index contributed by atoms with van der Waals surface area (Å²) in [5, 5.41) is 6.63.